The number of nitrogens with zero attached hydrogens (tertiary/aromatic N) is 1. The van der Waals surface area contributed by atoms with Crippen molar-refractivity contribution < 1.29 is 4.74 Å². The molecule has 0 unspecified atom stereocenters. The molecule has 3 rings (SSSR count). The second kappa shape index (κ2) is 5.14. The predicted octanol–water partition coefficient (Wildman–Crippen LogP) is 2.15. The van der Waals surface area contributed by atoms with Crippen molar-refractivity contribution in [3.8, 4) is 5.75 Å². The second-order valence-electron chi connectivity index (χ2n) is 6.13. The van der Waals surface area contributed by atoms with Crippen molar-refractivity contribution in [3.05, 3.63) is 29.8 Å². The van der Waals surface area contributed by atoms with Crippen LogP contribution >= 0.6 is 0 Å². The lowest BCUT2D eigenvalue weighted by Crippen LogP contribution is -2.35. The molecule has 1 aromatic rings. The van der Waals surface area contributed by atoms with Gasteiger partial charge in [0, 0.05) is 25.0 Å². The Kier molecular flexibility index (Phi) is 3.50. The molecule has 1 heterocycles. The first-order valence-electron chi connectivity index (χ1n) is 7.38. The Balaban J connectivity index is 1.60. The Morgan fingerprint density at radius 1 is 1.21 bits per heavy atom. The van der Waals surface area contributed by atoms with Gasteiger partial charge in [-0.3, -0.25) is 0 Å². The molecule has 1 saturated carbocycles. The van der Waals surface area contributed by atoms with Crippen LogP contribution in [0, 0.1) is 0 Å². The van der Waals surface area contributed by atoms with Crippen LogP contribution in [0.1, 0.15) is 31.2 Å². The highest BCUT2D eigenvalue weighted by Crippen LogP contribution is 2.47. The van der Waals surface area contributed by atoms with E-state index in [1.807, 2.05) is 0 Å². The van der Waals surface area contributed by atoms with Crippen molar-refractivity contribution >= 4 is 0 Å². The molecule has 0 aromatic heterocycles. The number of benzene rings is 1. The average molecular weight is 260 g/mol. The summed E-state index contributed by atoms with van der Waals surface area (Å²) in [5.41, 5.74) is 7.53. The number of likely N-dealkylation sites (tertiary alicyclic amines) is 1. The molecule has 3 nitrogen and oxygen atoms in total. The van der Waals surface area contributed by atoms with Crippen molar-refractivity contribution in [2.75, 3.05) is 26.7 Å². The highest BCUT2D eigenvalue weighted by molar-refractivity contribution is 5.36. The molecule has 3 heteroatoms. The molecule has 1 aliphatic carbocycles. The topological polar surface area (TPSA) is 38.5 Å². The Hall–Kier alpha value is -1.06. The van der Waals surface area contributed by atoms with E-state index < -0.39 is 0 Å². The summed E-state index contributed by atoms with van der Waals surface area (Å²) in [6.07, 6.45) is 5.11. The normalized spacial score (nSPS) is 23.3. The van der Waals surface area contributed by atoms with Crippen molar-refractivity contribution in [2.24, 2.45) is 5.73 Å². The van der Waals surface area contributed by atoms with E-state index >= 15 is 0 Å². The van der Waals surface area contributed by atoms with Crippen molar-refractivity contribution in [3.63, 3.8) is 0 Å². The summed E-state index contributed by atoms with van der Waals surface area (Å²) in [6.45, 7) is 3.04. The smallest absolute Gasteiger partial charge is 0.119 e. The van der Waals surface area contributed by atoms with Crippen LogP contribution < -0.4 is 10.5 Å². The number of hydrogen-bond acceptors (Lipinski definition) is 3. The molecule has 2 N–H and O–H groups in total. The first kappa shape index (κ1) is 12.9. The van der Waals surface area contributed by atoms with Crippen molar-refractivity contribution in [2.45, 2.75) is 37.2 Å². The van der Waals surface area contributed by atoms with Crippen LogP contribution in [0.15, 0.2) is 24.3 Å². The van der Waals surface area contributed by atoms with E-state index in [0.717, 1.165) is 38.2 Å². The van der Waals surface area contributed by atoms with E-state index in [4.69, 9.17) is 10.5 Å². The third-order valence-corrected chi connectivity index (χ3v) is 4.68. The van der Waals surface area contributed by atoms with Gasteiger partial charge in [0.25, 0.3) is 0 Å². The van der Waals surface area contributed by atoms with Gasteiger partial charge in [-0.1, -0.05) is 12.1 Å². The lowest BCUT2D eigenvalue weighted by atomic mass is 9.96. The summed E-state index contributed by atoms with van der Waals surface area (Å²) in [5.74, 6) is 1.01. The van der Waals surface area contributed by atoms with Crippen LogP contribution in [0.5, 0.6) is 5.75 Å². The van der Waals surface area contributed by atoms with Crippen LogP contribution in [0.4, 0.5) is 0 Å². The molecule has 1 saturated heterocycles. The number of nitrogens with two attached hydrogens (primary N) is 1. The fourth-order valence-electron chi connectivity index (χ4n) is 2.94. The third kappa shape index (κ3) is 2.77. The minimum absolute atomic E-state index is 0.284. The molecule has 0 bridgehead atoms. The number of hydrogen-bond donors (Lipinski definition) is 1. The number of ether oxygens (including phenoxy) is 1. The Labute approximate surface area is 115 Å². The summed E-state index contributed by atoms with van der Waals surface area (Å²) >= 11 is 0. The van der Waals surface area contributed by atoms with Gasteiger partial charge in [0.2, 0.25) is 0 Å². The molecule has 1 aliphatic heterocycles. The molecular formula is C16H24N2O. The van der Waals surface area contributed by atoms with Gasteiger partial charge in [0.05, 0.1) is 0 Å². The minimum atomic E-state index is 0.284. The molecule has 104 valence electrons. The van der Waals surface area contributed by atoms with Gasteiger partial charge in [0.1, 0.15) is 11.9 Å². The van der Waals surface area contributed by atoms with Gasteiger partial charge in [0.15, 0.2) is 0 Å². The SMILES string of the molecule is CN1CCC(Oc2ccc(C3(CN)CC3)cc2)CC1. The highest BCUT2D eigenvalue weighted by Gasteiger charge is 2.42. The zero-order valence-corrected chi connectivity index (χ0v) is 11.8. The monoisotopic (exact) mass is 260 g/mol. The summed E-state index contributed by atoms with van der Waals surface area (Å²) < 4.78 is 6.07. The fraction of sp³-hybridized carbons (Fsp3) is 0.625. The Bertz CT molecular complexity index is 417. The van der Waals surface area contributed by atoms with E-state index in [1.54, 1.807) is 0 Å². The molecule has 1 aromatic carbocycles. The van der Waals surface area contributed by atoms with E-state index in [2.05, 4.69) is 36.2 Å². The zero-order chi connectivity index (χ0) is 13.3. The summed E-state index contributed by atoms with van der Waals surface area (Å²) in [4.78, 5) is 2.36. The highest BCUT2D eigenvalue weighted by atomic mass is 16.5. The van der Waals surface area contributed by atoms with Crippen LogP contribution in [0.25, 0.3) is 0 Å². The standard InChI is InChI=1S/C16H24N2O/c1-18-10-6-15(7-11-18)19-14-4-2-13(3-5-14)16(12-17)8-9-16/h2-5,15H,6-12,17H2,1H3. The lowest BCUT2D eigenvalue weighted by molar-refractivity contribution is 0.114. The van der Waals surface area contributed by atoms with E-state index in [1.165, 1.54) is 18.4 Å². The van der Waals surface area contributed by atoms with Gasteiger partial charge in [-0.2, -0.15) is 0 Å². The van der Waals surface area contributed by atoms with E-state index in [9.17, 15) is 0 Å². The first-order valence-corrected chi connectivity index (χ1v) is 7.38. The Morgan fingerprint density at radius 3 is 2.37 bits per heavy atom. The van der Waals surface area contributed by atoms with Crippen LogP contribution in [-0.2, 0) is 5.41 Å². The number of piperidine rings is 1. The lowest BCUT2D eigenvalue weighted by Gasteiger charge is -2.29. The summed E-state index contributed by atoms with van der Waals surface area (Å²) in [6, 6.07) is 8.63. The maximum Gasteiger partial charge on any atom is 0.119 e. The minimum Gasteiger partial charge on any atom is -0.490 e. The van der Waals surface area contributed by atoms with Gasteiger partial charge >= 0.3 is 0 Å². The van der Waals surface area contributed by atoms with Crippen molar-refractivity contribution in [1.29, 1.82) is 0 Å². The fourth-order valence-corrected chi connectivity index (χ4v) is 2.94. The van der Waals surface area contributed by atoms with Crippen LogP contribution in [0.3, 0.4) is 0 Å². The summed E-state index contributed by atoms with van der Waals surface area (Å²) in [7, 11) is 2.17. The largest absolute Gasteiger partial charge is 0.490 e. The summed E-state index contributed by atoms with van der Waals surface area (Å²) in [5, 5.41) is 0. The molecule has 2 fully saturated rings. The third-order valence-electron chi connectivity index (χ3n) is 4.68. The predicted molar refractivity (Wildman–Crippen MR) is 77.6 cm³/mol. The first-order chi connectivity index (χ1) is 9.22. The van der Waals surface area contributed by atoms with Gasteiger partial charge in [-0.25, -0.2) is 0 Å². The van der Waals surface area contributed by atoms with Gasteiger partial charge in [-0.15, -0.1) is 0 Å². The molecular weight excluding hydrogens is 236 g/mol. The molecule has 0 spiro atoms. The molecule has 0 radical (unpaired) electrons. The molecule has 2 aliphatic rings. The zero-order valence-electron chi connectivity index (χ0n) is 11.8. The molecule has 0 atom stereocenters. The van der Waals surface area contributed by atoms with Crippen LogP contribution in [0.2, 0.25) is 0 Å². The van der Waals surface area contributed by atoms with Crippen LogP contribution in [-0.4, -0.2) is 37.7 Å². The maximum atomic E-state index is 6.07. The van der Waals surface area contributed by atoms with E-state index in [0.29, 0.717) is 6.10 Å². The quantitative estimate of drug-likeness (QED) is 0.901. The van der Waals surface area contributed by atoms with Gasteiger partial charge in [-0.05, 0) is 50.4 Å². The molecule has 0 amide bonds. The van der Waals surface area contributed by atoms with E-state index in [-0.39, 0.29) is 5.41 Å². The molecule has 19 heavy (non-hydrogen) atoms. The maximum absolute atomic E-state index is 6.07. The average Bonchev–Trinajstić information content (AvgIpc) is 3.23. The number of rotatable bonds is 4. The Morgan fingerprint density at radius 2 is 1.84 bits per heavy atom. The van der Waals surface area contributed by atoms with Gasteiger partial charge < -0.3 is 15.4 Å². The van der Waals surface area contributed by atoms with Crippen molar-refractivity contribution in [1.82, 2.24) is 4.90 Å². The second-order valence-corrected chi connectivity index (χ2v) is 6.13.